The van der Waals surface area contributed by atoms with Crippen LogP contribution in [0.1, 0.15) is 31.9 Å². The monoisotopic (exact) mass is 205 g/mol. The van der Waals surface area contributed by atoms with Crippen LogP contribution in [0.15, 0.2) is 24.3 Å². The van der Waals surface area contributed by atoms with Gasteiger partial charge in [-0.2, -0.15) is 0 Å². The van der Waals surface area contributed by atoms with Gasteiger partial charge in [-0.3, -0.25) is 4.79 Å². The molecule has 0 aliphatic carbocycles. The van der Waals surface area contributed by atoms with E-state index >= 15 is 0 Å². The Balaban J connectivity index is 2.61. The van der Waals surface area contributed by atoms with Crippen molar-refractivity contribution in [3.8, 4) is 0 Å². The van der Waals surface area contributed by atoms with Gasteiger partial charge in [0, 0.05) is 12.5 Å². The van der Waals surface area contributed by atoms with Crippen LogP contribution >= 0.6 is 0 Å². The highest BCUT2D eigenvalue weighted by Gasteiger charge is 2.06. The summed E-state index contributed by atoms with van der Waals surface area (Å²) in [5.41, 5.74) is 2.52. The topological polar surface area (TPSA) is 29.1 Å². The number of benzene rings is 1. The normalized spacial score (nSPS) is 10.4. The van der Waals surface area contributed by atoms with E-state index in [1.807, 2.05) is 26.0 Å². The maximum absolute atomic E-state index is 11.4. The first-order chi connectivity index (χ1) is 7.15. The van der Waals surface area contributed by atoms with Crippen molar-refractivity contribution in [1.29, 1.82) is 0 Å². The Morgan fingerprint density at radius 2 is 1.87 bits per heavy atom. The summed E-state index contributed by atoms with van der Waals surface area (Å²) in [5.74, 6) is 0.166. The molecule has 0 spiro atoms. The molecule has 1 rings (SSSR count). The fourth-order valence-electron chi connectivity index (χ4n) is 1.46. The lowest BCUT2D eigenvalue weighted by Crippen LogP contribution is -2.27. The van der Waals surface area contributed by atoms with E-state index in [4.69, 9.17) is 0 Å². The Labute approximate surface area is 91.7 Å². The lowest BCUT2D eigenvalue weighted by Gasteiger charge is -2.10. The van der Waals surface area contributed by atoms with E-state index in [-0.39, 0.29) is 11.8 Å². The first-order valence-corrected chi connectivity index (χ1v) is 5.49. The third kappa shape index (κ3) is 3.39. The SMILES string of the molecule is CCc1ccccc1CNC(=O)C(C)C. The number of carbonyl (C=O) groups excluding carboxylic acids is 1. The predicted octanol–water partition coefficient (Wildman–Crippen LogP) is 2.52. The highest BCUT2D eigenvalue weighted by atomic mass is 16.1. The van der Waals surface area contributed by atoms with E-state index in [0.717, 1.165) is 6.42 Å². The first-order valence-electron chi connectivity index (χ1n) is 5.49. The van der Waals surface area contributed by atoms with E-state index in [1.165, 1.54) is 11.1 Å². The van der Waals surface area contributed by atoms with Crippen molar-refractivity contribution in [3.63, 3.8) is 0 Å². The molecule has 0 atom stereocenters. The molecule has 1 aromatic carbocycles. The van der Waals surface area contributed by atoms with Crippen molar-refractivity contribution in [2.75, 3.05) is 0 Å². The molecule has 0 heterocycles. The summed E-state index contributed by atoms with van der Waals surface area (Å²) in [7, 11) is 0. The zero-order valence-electron chi connectivity index (χ0n) is 9.71. The van der Waals surface area contributed by atoms with Gasteiger partial charge in [0.05, 0.1) is 0 Å². The summed E-state index contributed by atoms with van der Waals surface area (Å²) >= 11 is 0. The van der Waals surface area contributed by atoms with Gasteiger partial charge in [-0.1, -0.05) is 45.0 Å². The van der Waals surface area contributed by atoms with E-state index in [0.29, 0.717) is 6.54 Å². The summed E-state index contributed by atoms with van der Waals surface area (Å²) in [5, 5.41) is 2.93. The van der Waals surface area contributed by atoms with Crippen molar-refractivity contribution in [1.82, 2.24) is 5.32 Å². The Morgan fingerprint density at radius 3 is 2.40 bits per heavy atom. The minimum absolute atomic E-state index is 0.0544. The molecule has 1 aromatic rings. The number of hydrogen-bond acceptors (Lipinski definition) is 1. The number of amides is 1. The van der Waals surface area contributed by atoms with Gasteiger partial charge in [0.1, 0.15) is 0 Å². The van der Waals surface area contributed by atoms with Gasteiger partial charge in [0.2, 0.25) is 5.91 Å². The maximum Gasteiger partial charge on any atom is 0.222 e. The Hall–Kier alpha value is -1.31. The summed E-state index contributed by atoms with van der Waals surface area (Å²) in [6, 6.07) is 8.22. The number of rotatable bonds is 4. The van der Waals surface area contributed by atoms with Crippen molar-refractivity contribution >= 4 is 5.91 Å². The fraction of sp³-hybridized carbons (Fsp3) is 0.462. The van der Waals surface area contributed by atoms with Gasteiger partial charge in [0.15, 0.2) is 0 Å². The molecule has 0 bridgehead atoms. The fourth-order valence-corrected chi connectivity index (χ4v) is 1.46. The average Bonchev–Trinajstić information content (AvgIpc) is 2.26. The second-order valence-corrected chi connectivity index (χ2v) is 3.99. The van der Waals surface area contributed by atoms with Crippen LogP contribution in [0.4, 0.5) is 0 Å². The smallest absolute Gasteiger partial charge is 0.222 e. The quantitative estimate of drug-likeness (QED) is 0.804. The summed E-state index contributed by atoms with van der Waals surface area (Å²) in [6.07, 6.45) is 1.01. The molecule has 2 nitrogen and oxygen atoms in total. The van der Waals surface area contributed by atoms with Gasteiger partial charge >= 0.3 is 0 Å². The van der Waals surface area contributed by atoms with Crippen LogP contribution in [0.25, 0.3) is 0 Å². The van der Waals surface area contributed by atoms with Crippen molar-refractivity contribution in [2.45, 2.75) is 33.7 Å². The Morgan fingerprint density at radius 1 is 1.27 bits per heavy atom. The van der Waals surface area contributed by atoms with Gasteiger partial charge in [-0.25, -0.2) is 0 Å². The Kier molecular flexibility index (Phi) is 4.35. The highest BCUT2D eigenvalue weighted by Crippen LogP contribution is 2.09. The minimum Gasteiger partial charge on any atom is -0.352 e. The van der Waals surface area contributed by atoms with Gasteiger partial charge in [0.25, 0.3) is 0 Å². The van der Waals surface area contributed by atoms with E-state index in [2.05, 4.69) is 24.4 Å². The lowest BCUT2D eigenvalue weighted by atomic mass is 10.1. The van der Waals surface area contributed by atoms with Crippen LogP contribution in [0.3, 0.4) is 0 Å². The molecular weight excluding hydrogens is 186 g/mol. The molecule has 1 amide bonds. The molecule has 0 aliphatic rings. The molecule has 0 aliphatic heterocycles. The molecule has 0 fully saturated rings. The molecule has 15 heavy (non-hydrogen) atoms. The lowest BCUT2D eigenvalue weighted by molar-refractivity contribution is -0.124. The molecule has 0 radical (unpaired) electrons. The van der Waals surface area contributed by atoms with Crippen LogP contribution in [0.5, 0.6) is 0 Å². The van der Waals surface area contributed by atoms with Gasteiger partial charge in [-0.15, -0.1) is 0 Å². The van der Waals surface area contributed by atoms with E-state index in [1.54, 1.807) is 0 Å². The van der Waals surface area contributed by atoms with E-state index in [9.17, 15) is 4.79 Å². The number of nitrogens with one attached hydrogen (secondary N) is 1. The third-order valence-electron chi connectivity index (χ3n) is 2.48. The maximum atomic E-state index is 11.4. The van der Waals surface area contributed by atoms with Crippen molar-refractivity contribution in [2.24, 2.45) is 5.92 Å². The Bertz CT molecular complexity index is 331. The van der Waals surface area contributed by atoms with Crippen LogP contribution in [-0.4, -0.2) is 5.91 Å². The summed E-state index contributed by atoms with van der Waals surface area (Å²) < 4.78 is 0. The minimum atomic E-state index is 0.0544. The number of hydrogen-bond donors (Lipinski definition) is 1. The molecule has 0 aromatic heterocycles. The van der Waals surface area contributed by atoms with Gasteiger partial charge < -0.3 is 5.32 Å². The number of aryl methyl sites for hydroxylation is 1. The number of carbonyl (C=O) groups is 1. The van der Waals surface area contributed by atoms with Crippen LogP contribution < -0.4 is 5.32 Å². The van der Waals surface area contributed by atoms with Crippen LogP contribution in [0.2, 0.25) is 0 Å². The highest BCUT2D eigenvalue weighted by molar-refractivity contribution is 5.77. The van der Waals surface area contributed by atoms with Gasteiger partial charge in [-0.05, 0) is 17.5 Å². The van der Waals surface area contributed by atoms with Crippen LogP contribution in [0, 0.1) is 5.92 Å². The van der Waals surface area contributed by atoms with Crippen molar-refractivity contribution < 1.29 is 4.79 Å². The summed E-state index contributed by atoms with van der Waals surface area (Å²) in [4.78, 5) is 11.4. The zero-order valence-corrected chi connectivity index (χ0v) is 9.71. The second-order valence-electron chi connectivity index (χ2n) is 3.99. The average molecular weight is 205 g/mol. The third-order valence-corrected chi connectivity index (χ3v) is 2.48. The summed E-state index contributed by atoms with van der Waals surface area (Å²) in [6.45, 7) is 6.58. The molecule has 0 saturated heterocycles. The molecule has 0 unspecified atom stereocenters. The molecule has 82 valence electrons. The molecule has 2 heteroatoms. The first kappa shape index (κ1) is 11.8. The van der Waals surface area contributed by atoms with E-state index < -0.39 is 0 Å². The van der Waals surface area contributed by atoms with Crippen LogP contribution in [-0.2, 0) is 17.8 Å². The predicted molar refractivity (Wildman–Crippen MR) is 62.5 cm³/mol. The second kappa shape index (κ2) is 5.54. The largest absolute Gasteiger partial charge is 0.352 e. The zero-order chi connectivity index (χ0) is 11.3. The molecule has 0 saturated carbocycles. The van der Waals surface area contributed by atoms with Crippen molar-refractivity contribution in [3.05, 3.63) is 35.4 Å². The molecular formula is C13H19NO. The molecule has 1 N–H and O–H groups in total. The standard InChI is InChI=1S/C13H19NO/c1-4-11-7-5-6-8-12(11)9-14-13(15)10(2)3/h5-8,10H,4,9H2,1-3H3,(H,14,15).